The SMILES string of the molecule is Cc1cn([C@H]2C[C@H](I)[C@@H](CO)O2)c(=O)n(C)c1=O. The molecule has 0 radical (unpaired) electrons. The summed E-state index contributed by atoms with van der Waals surface area (Å²) in [5.74, 6) is 0. The van der Waals surface area contributed by atoms with Crippen LogP contribution in [-0.2, 0) is 11.8 Å². The van der Waals surface area contributed by atoms with Gasteiger partial charge in [0, 0.05) is 29.2 Å². The smallest absolute Gasteiger partial charge is 0.332 e. The molecule has 7 heteroatoms. The summed E-state index contributed by atoms with van der Waals surface area (Å²) in [5.41, 5.74) is -0.185. The number of nitrogens with zero attached hydrogens (tertiary/aromatic N) is 2. The van der Waals surface area contributed by atoms with Crippen molar-refractivity contribution in [2.24, 2.45) is 7.05 Å². The summed E-state index contributed by atoms with van der Waals surface area (Å²) in [6.07, 6.45) is 1.49. The van der Waals surface area contributed by atoms with E-state index in [0.717, 1.165) is 4.57 Å². The topological polar surface area (TPSA) is 73.5 Å². The van der Waals surface area contributed by atoms with E-state index in [9.17, 15) is 9.59 Å². The molecule has 1 aromatic heterocycles. The minimum absolute atomic E-state index is 0.0659. The van der Waals surface area contributed by atoms with Gasteiger partial charge in [0.25, 0.3) is 5.56 Å². The highest BCUT2D eigenvalue weighted by molar-refractivity contribution is 14.1. The fourth-order valence-corrected chi connectivity index (χ4v) is 2.91. The second-order valence-electron chi connectivity index (χ2n) is 4.43. The Hall–Kier alpha value is -0.670. The van der Waals surface area contributed by atoms with E-state index in [1.165, 1.54) is 17.8 Å². The quantitative estimate of drug-likeness (QED) is 0.588. The monoisotopic (exact) mass is 366 g/mol. The lowest BCUT2D eigenvalue weighted by molar-refractivity contribution is -0.0237. The van der Waals surface area contributed by atoms with Gasteiger partial charge in [-0.05, 0) is 6.92 Å². The van der Waals surface area contributed by atoms with Crippen molar-refractivity contribution in [3.63, 3.8) is 0 Å². The molecule has 1 N–H and O–H groups in total. The zero-order valence-corrected chi connectivity index (χ0v) is 12.3. The second kappa shape index (κ2) is 5.14. The first-order valence-corrected chi connectivity index (χ1v) is 6.89. The van der Waals surface area contributed by atoms with Gasteiger partial charge in [-0.2, -0.15) is 0 Å². The summed E-state index contributed by atoms with van der Waals surface area (Å²) >= 11 is 2.20. The van der Waals surface area contributed by atoms with Crippen LogP contribution in [0.2, 0.25) is 0 Å². The zero-order chi connectivity index (χ0) is 13.4. The molecule has 2 rings (SSSR count). The highest BCUT2D eigenvalue weighted by atomic mass is 127. The van der Waals surface area contributed by atoms with Crippen molar-refractivity contribution in [2.75, 3.05) is 6.61 Å². The van der Waals surface area contributed by atoms with Crippen LogP contribution < -0.4 is 11.2 Å². The summed E-state index contributed by atoms with van der Waals surface area (Å²) in [5, 5.41) is 9.15. The summed E-state index contributed by atoms with van der Waals surface area (Å²) in [7, 11) is 1.45. The van der Waals surface area contributed by atoms with E-state index in [-0.39, 0.29) is 22.2 Å². The molecule has 2 heterocycles. The Morgan fingerprint density at radius 3 is 2.78 bits per heavy atom. The van der Waals surface area contributed by atoms with Gasteiger partial charge in [-0.1, -0.05) is 22.6 Å². The van der Waals surface area contributed by atoms with Crippen molar-refractivity contribution in [3.05, 3.63) is 32.6 Å². The maximum Gasteiger partial charge on any atom is 0.332 e. The van der Waals surface area contributed by atoms with E-state index in [0.29, 0.717) is 12.0 Å². The van der Waals surface area contributed by atoms with Gasteiger partial charge in [0.1, 0.15) is 6.23 Å². The molecule has 3 atom stereocenters. The summed E-state index contributed by atoms with van der Waals surface area (Å²) in [6.45, 7) is 1.60. The van der Waals surface area contributed by atoms with E-state index < -0.39 is 11.9 Å². The number of rotatable bonds is 2. The predicted molar refractivity (Wildman–Crippen MR) is 74.1 cm³/mol. The van der Waals surface area contributed by atoms with Crippen LogP contribution in [0.1, 0.15) is 18.2 Å². The van der Waals surface area contributed by atoms with Gasteiger partial charge in [0.05, 0.1) is 12.7 Å². The first kappa shape index (κ1) is 13.8. The summed E-state index contributed by atoms with van der Waals surface area (Å²) < 4.78 is 8.29. The molecular weight excluding hydrogens is 351 g/mol. The number of aromatic nitrogens is 2. The van der Waals surface area contributed by atoms with Gasteiger partial charge in [-0.3, -0.25) is 13.9 Å². The first-order chi connectivity index (χ1) is 8.45. The molecule has 1 aromatic rings. The third kappa shape index (κ3) is 2.26. The van der Waals surface area contributed by atoms with Crippen molar-refractivity contribution in [1.82, 2.24) is 9.13 Å². The number of aryl methyl sites for hydroxylation is 1. The minimum atomic E-state index is -0.415. The Labute approximate surface area is 117 Å². The molecule has 6 nitrogen and oxygen atoms in total. The van der Waals surface area contributed by atoms with Crippen LogP contribution in [0.15, 0.2) is 15.8 Å². The molecule has 0 amide bonds. The number of halogens is 1. The van der Waals surface area contributed by atoms with Crippen LogP contribution in [-0.4, -0.2) is 30.9 Å². The van der Waals surface area contributed by atoms with Gasteiger partial charge in [0.2, 0.25) is 0 Å². The highest BCUT2D eigenvalue weighted by Crippen LogP contribution is 2.32. The Balaban J connectivity index is 2.42. The highest BCUT2D eigenvalue weighted by Gasteiger charge is 2.34. The van der Waals surface area contributed by atoms with Crippen LogP contribution >= 0.6 is 22.6 Å². The number of ether oxygens (including phenoxy) is 1. The van der Waals surface area contributed by atoms with Crippen molar-refractivity contribution in [2.45, 2.75) is 29.6 Å². The van der Waals surface area contributed by atoms with E-state index >= 15 is 0 Å². The standard InChI is InChI=1S/C11H15IN2O4/c1-6-4-14(11(17)13(2)10(6)16)9-3-7(12)8(5-15)18-9/h4,7-9,15H,3,5H2,1-2H3/t7-,8+,9+/m0/s1. The van der Waals surface area contributed by atoms with Crippen LogP contribution in [0.25, 0.3) is 0 Å². The molecule has 1 aliphatic rings. The van der Waals surface area contributed by atoms with Gasteiger partial charge >= 0.3 is 5.69 Å². The molecule has 0 aromatic carbocycles. The maximum absolute atomic E-state index is 12.0. The Bertz CT molecular complexity index is 565. The van der Waals surface area contributed by atoms with Gasteiger partial charge in [-0.25, -0.2) is 4.79 Å². The van der Waals surface area contributed by atoms with E-state index in [1.807, 2.05) is 0 Å². The van der Waals surface area contributed by atoms with Crippen molar-refractivity contribution < 1.29 is 9.84 Å². The molecule has 0 saturated carbocycles. The van der Waals surface area contributed by atoms with Gasteiger partial charge < -0.3 is 9.84 Å². The summed E-state index contributed by atoms with van der Waals surface area (Å²) in [4.78, 5) is 23.6. The molecule has 1 fully saturated rings. The third-order valence-electron chi connectivity index (χ3n) is 3.13. The molecule has 0 aliphatic carbocycles. The van der Waals surface area contributed by atoms with Crippen LogP contribution in [0.3, 0.4) is 0 Å². The molecule has 18 heavy (non-hydrogen) atoms. The lowest BCUT2D eigenvalue weighted by Crippen LogP contribution is -2.40. The maximum atomic E-state index is 12.0. The number of hydrogen-bond donors (Lipinski definition) is 1. The zero-order valence-electron chi connectivity index (χ0n) is 10.2. The predicted octanol–water partition coefficient (Wildman–Crippen LogP) is -0.0612. The van der Waals surface area contributed by atoms with Crippen LogP contribution in [0.4, 0.5) is 0 Å². The minimum Gasteiger partial charge on any atom is -0.394 e. The molecule has 100 valence electrons. The fraction of sp³-hybridized carbons (Fsp3) is 0.636. The van der Waals surface area contributed by atoms with Gasteiger partial charge in [-0.15, -0.1) is 0 Å². The van der Waals surface area contributed by atoms with Crippen molar-refractivity contribution in [1.29, 1.82) is 0 Å². The largest absolute Gasteiger partial charge is 0.394 e. The number of aliphatic hydroxyl groups is 1. The average molecular weight is 366 g/mol. The Kier molecular flexibility index (Phi) is 3.93. The fourth-order valence-electron chi connectivity index (χ4n) is 2.07. The number of alkyl halides is 1. The van der Waals surface area contributed by atoms with Crippen molar-refractivity contribution in [3.8, 4) is 0 Å². The average Bonchev–Trinajstić information content (AvgIpc) is 2.72. The first-order valence-electron chi connectivity index (χ1n) is 5.65. The Morgan fingerprint density at radius 1 is 1.56 bits per heavy atom. The molecule has 1 saturated heterocycles. The van der Waals surface area contributed by atoms with E-state index in [4.69, 9.17) is 9.84 Å². The Morgan fingerprint density at radius 2 is 2.22 bits per heavy atom. The van der Waals surface area contributed by atoms with Crippen LogP contribution in [0.5, 0.6) is 0 Å². The number of hydrogen-bond acceptors (Lipinski definition) is 4. The molecular formula is C11H15IN2O4. The second-order valence-corrected chi connectivity index (χ2v) is 6.03. The molecule has 0 bridgehead atoms. The van der Waals surface area contributed by atoms with E-state index in [1.54, 1.807) is 6.92 Å². The third-order valence-corrected chi connectivity index (χ3v) is 4.45. The lowest BCUT2D eigenvalue weighted by Gasteiger charge is -2.16. The molecule has 0 spiro atoms. The van der Waals surface area contributed by atoms with E-state index in [2.05, 4.69) is 22.6 Å². The summed E-state index contributed by atoms with van der Waals surface area (Å²) in [6, 6.07) is 0. The lowest BCUT2D eigenvalue weighted by atomic mass is 10.2. The van der Waals surface area contributed by atoms with Gasteiger partial charge in [0.15, 0.2) is 0 Å². The van der Waals surface area contributed by atoms with Crippen molar-refractivity contribution >= 4 is 22.6 Å². The normalized spacial score (nSPS) is 27.7. The van der Waals surface area contributed by atoms with Crippen LogP contribution in [0, 0.1) is 6.92 Å². The molecule has 1 aliphatic heterocycles. The molecule has 0 unspecified atom stereocenters. The number of aliphatic hydroxyl groups excluding tert-OH is 1.